The number of unbranched alkanes of at least 4 members (excludes halogenated alkanes) is 1. The summed E-state index contributed by atoms with van der Waals surface area (Å²) in [7, 11) is 0. The van der Waals surface area contributed by atoms with Gasteiger partial charge in [0.15, 0.2) is 0 Å². The molecule has 0 saturated carbocycles. The van der Waals surface area contributed by atoms with E-state index < -0.39 is 17.7 Å². The number of benzene rings is 2. The third kappa shape index (κ3) is 5.74. The Kier molecular flexibility index (Phi) is 8.21. The summed E-state index contributed by atoms with van der Waals surface area (Å²) in [5.41, 5.74) is 2.46. The second kappa shape index (κ2) is 11.5. The highest BCUT2D eigenvalue weighted by atomic mass is 16.5. The fourth-order valence-electron chi connectivity index (χ4n) is 4.50. The number of amides is 1. The predicted octanol–water partition coefficient (Wildman–Crippen LogP) is 3.93. The highest BCUT2D eigenvalue weighted by molar-refractivity contribution is 6.46. The third-order valence-electron chi connectivity index (χ3n) is 6.57. The van der Waals surface area contributed by atoms with Crippen molar-refractivity contribution in [3.05, 3.63) is 70.8 Å². The lowest BCUT2D eigenvalue weighted by Crippen LogP contribution is -2.42. The Morgan fingerprint density at radius 2 is 1.83 bits per heavy atom. The summed E-state index contributed by atoms with van der Waals surface area (Å²) in [6, 6.07) is 14.2. The van der Waals surface area contributed by atoms with E-state index >= 15 is 0 Å². The third-order valence-corrected chi connectivity index (χ3v) is 6.57. The number of rotatable bonds is 9. The molecule has 35 heavy (non-hydrogen) atoms. The number of aliphatic hydroxyl groups is 1. The highest BCUT2D eigenvalue weighted by Crippen LogP contribution is 2.39. The predicted molar refractivity (Wildman–Crippen MR) is 134 cm³/mol. The Labute approximate surface area is 206 Å². The molecule has 186 valence electrons. The van der Waals surface area contributed by atoms with E-state index in [4.69, 9.17) is 9.47 Å². The molecule has 0 bridgehead atoms. The lowest BCUT2D eigenvalue weighted by molar-refractivity contribution is -0.140. The molecule has 2 aromatic rings. The summed E-state index contributed by atoms with van der Waals surface area (Å²) in [5, 5.41) is 11.3. The first-order valence-electron chi connectivity index (χ1n) is 12.4. The van der Waals surface area contributed by atoms with Gasteiger partial charge in [0.05, 0.1) is 31.4 Å². The summed E-state index contributed by atoms with van der Waals surface area (Å²) in [6.45, 7) is 8.61. The topological polar surface area (TPSA) is 79.3 Å². The van der Waals surface area contributed by atoms with E-state index in [1.165, 1.54) is 0 Å². The molecule has 7 nitrogen and oxygen atoms in total. The van der Waals surface area contributed by atoms with Gasteiger partial charge in [0, 0.05) is 31.7 Å². The van der Waals surface area contributed by atoms with Crippen LogP contribution < -0.4 is 4.74 Å². The van der Waals surface area contributed by atoms with Crippen LogP contribution in [-0.4, -0.2) is 72.6 Å². The van der Waals surface area contributed by atoms with Crippen molar-refractivity contribution in [2.24, 2.45) is 0 Å². The molecule has 1 N–H and O–H groups in total. The zero-order valence-electron chi connectivity index (χ0n) is 20.5. The Morgan fingerprint density at radius 3 is 2.54 bits per heavy atom. The number of nitrogens with zero attached hydrogens (tertiary/aromatic N) is 2. The molecule has 2 aliphatic heterocycles. The Balaban J connectivity index is 1.68. The van der Waals surface area contributed by atoms with Crippen LogP contribution in [0.15, 0.2) is 54.1 Å². The number of hydrogen-bond donors (Lipinski definition) is 1. The van der Waals surface area contributed by atoms with Crippen molar-refractivity contribution in [2.75, 3.05) is 46.0 Å². The zero-order chi connectivity index (χ0) is 24.8. The fourth-order valence-corrected chi connectivity index (χ4v) is 4.50. The molecule has 2 aromatic carbocycles. The van der Waals surface area contributed by atoms with Gasteiger partial charge in [-0.1, -0.05) is 55.3 Å². The molecule has 2 saturated heterocycles. The number of ketones is 1. The molecule has 1 unspecified atom stereocenters. The average Bonchev–Trinajstić information content (AvgIpc) is 3.13. The number of morpholine rings is 1. The quantitative estimate of drug-likeness (QED) is 0.255. The molecule has 0 radical (unpaired) electrons. The van der Waals surface area contributed by atoms with Gasteiger partial charge in [-0.05, 0) is 31.0 Å². The van der Waals surface area contributed by atoms with Crippen molar-refractivity contribution in [1.29, 1.82) is 0 Å². The van der Waals surface area contributed by atoms with Gasteiger partial charge in [0.25, 0.3) is 11.7 Å². The number of hydrogen-bond acceptors (Lipinski definition) is 6. The van der Waals surface area contributed by atoms with Crippen LogP contribution in [0, 0.1) is 6.92 Å². The molecule has 0 aliphatic carbocycles. The molecular weight excluding hydrogens is 444 g/mol. The van der Waals surface area contributed by atoms with Crippen LogP contribution in [0.5, 0.6) is 5.75 Å². The van der Waals surface area contributed by atoms with Crippen molar-refractivity contribution < 1.29 is 24.2 Å². The van der Waals surface area contributed by atoms with Crippen molar-refractivity contribution >= 4 is 17.4 Å². The second-order valence-electron chi connectivity index (χ2n) is 9.09. The van der Waals surface area contributed by atoms with Gasteiger partial charge in [-0.2, -0.15) is 0 Å². The van der Waals surface area contributed by atoms with E-state index in [9.17, 15) is 14.7 Å². The summed E-state index contributed by atoms with van der Waals surface area (Å²) in [4.78, 5) is 30.3. The lowest BCUT2D eigenvalue weighted by atomic mass is 9.94. The number of ether oxygens (including phenoxy) is 2. The maximum absolute atomic E-state index is 13.3. The Morgan fingerprint density at radius 1 is 1.09 bits per heavy atom. The molecule has 1 atom stereocenters. The minimum Gasteiger partial charge on any atom is -0.507 e. The van der Waals surface area contributed by atoms with Gasteiger partial charge in [0.1, 0.15) is 11.5 Å². The summed E-state index contributed by atoms with van der Waals surface area (Å²) >= 11 is 0. The van der Waals surface area contributed by atoms with Gasteiger partial charge in [-0.15, -0.1) is 0 Å². The molecule has 2 heterocycles. The summed E-state index contributed by atoms with van der Waals surface area (Å²) in [5.74, 6) is -0.798. The number of aryl methyl sites for hydroxylation is 1. The van der Waals surface area contributed by atoms with E-state index in [2.05, 4.69) is 11.8 Å². The lowest BCUT2D eigenvalue weighted by Gasteiger charge is -2.31. The molecule has 0 aromatic heterocycles. The molecule has 2 aliphatic rings. The maximum Gasteiger partial charge on any atom is 0.295 e. The van der Waals surface area contributed by atoms with Crippen LogP contribution >= 0.6 is 0 Å². The Hall–Kier alpha value is -3.16. The molecule has 7 heteroatoms. The molecule has 0 spiro atoms. The standard InChI is InChI=1S/C28H34N2O5/c1-3-4-16-35-23-7-5-6-22(19-23)26(31)24-25(21-10-8-20(2)9-11-21)30(28(33)27(24)32)13-12-29-14-17-34-18-15-29/h5-11,19,25,31H,3-4,12-18H2,1-2H3/b26-24+. The largest absolute Gasteiger partial charge is 0.507 e. The second-order valence-corrected chi connectivity index (χ2v) is 9.09. The van der Waals surface area contributed by atoms with Crippen LogP contribution in [0.4, 0.5) is 0 Å². The first-order chi connectivity index (χ1) is 17.0. The number of aliphatic hydroxyl groups excluding tert-OH is 1. The van der Waals surface area contributed by atoms with Crippen molar-refractivity contribution in [2.45, 2.75) is 32.7 Å². The summed E-state index contributed by atoms with van der Waals surface area (Å²) in [6.07, 6.45) is 1.95. The van der Waals surface area contributed by atoms with Gasteiger partial charge in [-0.25, -0.2) is 0 Å². The van der Waals surface area contributed by atoms with E-state index in [0.717, 1.165) is 37.1 Å². The first-order valence-corrected chi connectivity index (χ1v) is 12.4. The van der Waals surface area contributed by atoms with Gasteiger partial charge >= 0.3 is 0 Å². The summed E-state index contributed by atoms with van der Waals surface area (Å²) < 4.78 is 11.2. The maximum atomic E-state index is 13.3. The van der Waals surface area contributed by atoms with Crippen LogP contribution in [0.25, 0.3) is 5.76 Å². The fraction of sp³-hybridized carbons (Fsp3) is 0.429. The van der Waals surface area contributed by atoms with Gasteiger partial charge in [0.2, 0.25) is 0 Å². The van der Waals surface area contributed by atoms with Gasteiger partial charge in [-0.3, -0.25) is 14.5 Å². The van der Waals surface area contributed by atoms with E-state index in [1.807, 2.05) is 37.3 Å². The smallest absolute Gasteiger partial charge is 0.295 e. The molecular formula is C28H34N2O5. The van der Waals surface area contributed by atoms with Crippen molar-refractivity contribution in [3.8, 4) is 5.75 Å². The van der Waals surface area contributed by atoms with Crippen molar-refractivity contribution in [1.82, 2.24) is 9.80 Å². The Bertz CT molecular complexity index is 1070. The molecule has 1 amide bonds. The van der Waals surface area contributed by atoms with Crippen LogP contribution in [0.1, 0.15) is 42.5 Å². The van der Waals surface area contributed by atoms with Gasteiger partial charge < -0.3 is 19.5 Å². The number of carbonyl (C=O) groups excluding carboxylic acids is 2. The van der Waals surface area contributed by atoms with Crippen LogP contribution in [0.3, 0.4) is 0 Å². The minimum atomic E-state index is -0.660. The number of Topliss-reactive ketones (excluding diaryl/α,β-unsaturated/α-hetero) is 1. The molecule has 2 fully saturated rings. The monoisotopic (exact) mass is 478 g/mol. The van der Waals surface area contributed by atoms with E-state index in [1.54, 1.807) is 23.1 Å². The zero-order valence-corrected chi connectivity index (χ0v) is 20.5. The molecule has 4 rings (SSSR count). The normalized spacial score (nSPS) is 20.4. The van der Waals surface area contributed by atoms with E-state index in [0.29, 0.717) is 44.2 Å². The minimum absolute atomic E-state index is 0.117. The SMILES string of the molecule is CCCCOc1cccc(/C(O)=C2\C(=O)C(=O)N(CCN3CCOCC3)C2c2ccc(C)cc2)c1. The van der Waals surface area contributed by atoms with Crippen molar-refractivity contribution in [3.63, 3.8) is 0 Å². The van der Waals surface area contributed by atoms with Crippen LogP contribution in [-0.2, 0) is 14.3 Å². The number of carbonyl (C=O) groups is 2. The number of likely N-dealkylation sites (tertiary alicyclic amines) is 1. The van der Waals surface area contributed by atoms with E-state index in [-0.39, 0.29) is 11.3 Å². The highest BCUT2D eigenvalue weighted by Gasteiger charge is 2.46. The average molecular weight is 479 g/mol. The van der Waals surface area contributed by atoms with Crippen LogP contribution in [0.2, 0.25) is 0 Å². The first kappa shape index (κ1) is 24.9.